The summed E-state index contributed by atoms with van der Waals surface area (Å²) in [5.74, 6) is -0.861. The minimum Gasteiger partial charge on any atom is -0.478 e. The molecule has 0 atom stereocenters. The number of aryl methyl sites for hydroxylation is 1. The minimum absolute atomic E-state index is 0.00201. The molecule has 0 unspecified atom stereocenters. The third kappa shape index (κ3) is 4.57. The lowest BCUT2D eigenvalue weighted by molar-refractivity contribution is 0.0694. The number of hydrogen-bond acceptors (Lipinski definition) is 2. The number of hydrogen-bond donors (Lipinski definition) is 2. The Morgan fingerprint density at radius 1 is 1.10 bits per heavy atom. The highest BCUT2D eigenvalue weighted by molar-refractivity contribution is 5.91. The van der Waals surface area contributed by atoms with E-state index in [1.807, 2.05) is 26.0 Å². The van der Waals surface area contributed by atoms with Gasteiger partial charge in [0.25, 0.3) is 0 Å². The number of aliphatic hydroxyl groups is 1. The van der Waals surface area contributed by atoms with Crippen molar-refractivity contribution in [3.63, 3.8) is 0 Å². The van der Waals surface area contributed by atoms with E-state index in [-0.39, 0.29) is 17.4 Å². The molecule has 0 heterocycles. The Bertz CT molecular complexity index is 528. The summed E-state index contributed by atoms with van der Waals surface area (Å²) in [6, 6.07) is 3.92. The van der Waals surface area contributed by atoms with Crippen LogP contribution < -0.4 is 0 Å². The average molecular weight is 292 g/mol. The summed E-state index contributed by atoms with van der Waals surface area (Å²) >= 11 is 0. The molecule has 0 aliphatic heterocycles. The van der Waals surface area contributed by atoms with Crippen LogP contribution in [0.3, 0.4) is 0 Å². The average Bonchev–Trinajstić information content (AvgIpc) is 2.31. The second-order valence-corrected chi connectivity index (χ2v) is 7.69. The maximum absolute atomic E-state index is 11.4. The summed E-state index contributed by atoms with van der Waals surface area (Å²) in [4.78, 5) is 11.4. The van der Waals surface area contributed by atoms with Gasteiger partial charge in [0.1, 0.15) is 0 Å². The standard InChI is InChI=1S/C18H28O3/c1-12-7-8-14(13(2)15(12)16(20)21)9-17(3,4)10-18(5,6)11-19/h7-8,19H,9-11H2,1-6H3,(H,20,21). The van der Waals surface area contributed by atoms with Crippen molar-refractivity contribution in [1.82, 2.24) is 0 Å². The van der Waals surface area contributed by atoms with Crippen LogP contribution in [-0.2, 0) is 6.42 Å². The Balaban J connectivity index is 3.08. The monoisotopic (exact) mass is 292 g/mol. The molecule has 0 amide bonds. The summed E-state index contributed by atoms with van der Waals surface area (Å²) in [5, 5.41) is 18.8. The minimum atomic E-state index is -0.861. The molecule has 0 spiro atoms. The van der Waals surface area contributed by atoms with E-state index in [0.29, 0.717) is 5.56 Å². The molecule has 1 rings (SSSR count). The Morgan fingerprint density at radius 3 is 2.14 bits per heavy atom. The van der Waals surface area contributed by atoms with Gasteiger partial charge in [0.2, 0.25) is 0 Å². The number of aromatic carboxylic acids is 1. The first kappa shape index (κ1) is 17.7. The molecular formula is C18H28O3. The highest BCUT2D eigenvalue weighted by Crippen LogP contribution is 2.37. The molecule has 2 N–H and O–H groups in total. The van der Waals surface area contributed by atoms with Crippen LogP contribution in [0.5, 0.6) is 0 Å². The maximum atomic E-state index is 11.4. The van der Waals surface area contributed by atoms with E-state index in [0.717, 1.165) is 29.5 Å². The van der Waals surface area contributed by atoms with E-state index < -0.39 is 5.97 Å². The van der Waals surface area contributed by atoms with Crippen LogP contribution in [0.4, 0.5) is 0 Å². The van der Waals surface area contributed by atoms with Gasteiger partial charge in [0.15, 0.2) is 0 Å². The highest BCUT2D eigenvalue weighted by Gasteiger charge is 2.29. The summed E-state index contributed by atoms with van der Waals surface area (Å²) in [6.07, 6.45) is 1.69. The van der Waals surface area contributed by atoms with E-state index >= 15 is 0 Å². The molecule has 0 bridgehead atoms. The van der Waals surface area contributed by atoms with Gasteiger partial charge < -0.3 is 10.2 Å². The van der Waals surface area contributed by atoms with E-state index in [1.54, 1.807) is 0 Å². The van der Waals surface area contributed by atoms with Gasteiger partial charge >= 0.3 is 5.97 Å². The molecule has 0 fully saturated rings. The molecule has 3 nitrogen and oxygen atoms in total. The van der Waals surface area contributed by atoms with Gasteiger partial charge in [-0.25, -0.2) is 4.79 Å². The van der Waals surface area contributed by atoms with Crippen molar-refractivity contribution in [3.05, 3.63) is 34.4 Å². The van der Waals surface area contributed by atoms with Gasteiger partial charge in [-0.3, -0.25) is 0 Å². The number of rotatable bonds is 6. The molecule has 0 saturated heterocycles. The van der Waals surface area contributed by atoms with Gasteiger partial charge in [-0.05, 0) is 54.2 Å². The van der Waals surface area contributed by atoms with Crippen LogP contribution in [0.1, 0.15) is 61.2 Å². The van der Waals surface area contributed by atoms with E-state index in [1.165, 1.54) is 0 Å². The van der Waals surface area contributed by atoms with Crippen LogP contribution in [0.25, 0.3) is 0 Å². The first-order chi connectivity index (χ1) is 9.49. The normalized spacial score (nSPS) is 12.5. The first-order valence-electron chi connectivity index (χ1n) is 7.42. The van der Waals surface area contributed by atoms with Crippen molar-refractivity contribution in [3.8, 4) is 0 Å². The van der Waals surface area contributed by atoms with Gasteiger partial charge in [-0.1, -0.05) is 39.8 Å². The molecule has 0 aliphatic carbocycles. The fraction of sp³-hybridized carbons (Fsp3) is 0.611. The number of carbonyl (C=O) groups is 1. The molecule has 21 heavy (non-hydrogen) atoms. The third-order valence-electron chi connectivity index (χ3n) is 4.05. The summed E-state index contributed by atoms with van der Waals surface area (Å²) in [5.41, 5.74) is 3.04. The maximum Gasteiger partial charge on any atom is 0.336 e. The van der Waals surface area contributed by atoms with Crippen LogP contribution in [0, 0.1) is 24.7 Å². The van der Waals surface area contributed by atoms with E-state index in [9.17, 15) is 15.0 Å². The third-order valence-corrected chi connectivity index (χ3v) is 4.05. The lowest BCUT2D eigenvalue weighted by Gasteiger charge is -2.34. The van der Waals surface area contributed by atoms with Crippen molar-refractivity contribution in [2.24, 2.45) is 10.8 Å². The second-order valence-electron chi connectivity index (χ2n) is 7.69. The van der Waals surface area contributed by atoms with Crippen molar-refractivity contribution in [2.45, 2.75) is 54.4 Å². The van der Waals surface area contributed by atoms with Crippen LogP contribution in [-0.4, -0.2) is 22.8 Å². The fourth-order valence-corrected chi connectivity index (χ4v) is 3.34. The molecule has 3 heteroatoms. The van der Waals surface area contributed by atoms with E-state index in [4.69, 9.17) is 0 Å². The van der Waals surface area contributed by atoms with Gasteiger partial charge in [-0.2, -0.15) is 0 Å². The quantitative estimate of drug-likeness (QED) is 0.834. The van der Waals surface area contributed by atoms with Crippen LogP contribution in [0.2, 0.25) is 0 Å². The zero-order valence-electron chi connectivity index (χ0n) is 14.1. The van der Waals surface area contributed by atoms with Crippen LogP contribution >= 0.6 is 0 Å². The Kier molecular flexibility index (Phi) is 5.21. The number of benzene rings is 1. The van der Waals surface area contributed by atoms with E-state index in [2.05, 4.69) is 27.7 Å². The second kappa shape index (κ2) is 6.18. The zero-order valence-corrected chi connectivity index (χ0v) is 14.1. The Morgan fingerprint density at radius 2 is 1.67 bits per heavy atom. The first-order valence-corrected chi connectivity index (χ1v) is 7.42. The Labute approximate surface area is 128 Å². The molecule has 1 aromatic carbocycles. The lowest BCUT2D eigenvalue weighted by Crippen LogP contribution is -2.28. The molecule has 118 valence electrons. The Hall–Kier alpha value is -1.35. The van der Waals surface area contributed by atoms with Crippen molar-refractivity contribution >= 4 is 5.97 Å². The van der Waals surface area contributed by atoms with Gasteiger partial charge in [0.05, 0.1) is 5.56 Å². The van der Waals surface area contributed by atoms with Crippen molar-refractivity contribution in [2.75, 3.05) is 6.61 Å². The summed E-state index contributed by atoms with van der Waals surface area (Å²) < 4.78 is 0. The molecular weight excluding hydrogens is 264 g/mol. The van der Waals surface area contributed by atoms with Gasteiger partial charge in [0, 0.05) is 6.61 Å². The largest absolute Gasteiger partial charge is 0.478 e. The smallest absolute Gasteiger partial charge is 0.336 e. The predicted octanol–water partition coefficient (Wildman–Crippen LogP) is 3.98. The predicted molar refractivity (Wildman–Crippen MR) is 85.8 cm³/mol. The summed E-state index contributed by atoms with van der Waals surface area (Å²) in [6.45, 7) is 12.3. The molecule has 1 aromatic rings. The van der Waals surface area contributed by atoms with Crippen molar-refractivity contribution < 1.29 is 15.0 Å². The highest BCUT2D eigenvalue weighted by atomic mass is 16.4. The van der Waals surface area contributed by atoms with Gasteiger partial charge in [-0.15, -0.1) is 0 Å². The molecule has 0 saturated carbocycles. The molecule has 0 aromatic heterocycles. The molecule has 0 radical (unpaired) electrons. The van der Waals surface area contributed by atoms with Crippen LogP contribution in [0.15, 0.2) is 12.1 Å². The SMILES string of the molecule is Cc1ccc(CC(C)(C)CC(C)(C)CO)c(C)c1C(=O)O. The lowest BCUT2D eigenvalue weighted by atomic mass is 9.72. The van der Waals surface area contributed by atoms with Crippen molar-refractivity contribution in [1.29, 1.82) is 0 Å². The fourth-order valence-electron chi connectivity index (χ4n) is 3.34. The number of carboxylic acids is 1. The topological polar surface area (TPSA) is 57.5 Å². The number of aliphatic hydroxyl groups excluding tert-OH is 1. The number of carboxylic acid groups (broad SMARTS) is 1. The zero-order chi connectivity index (χ0) is 16.4. The summed E-state index contributed by atoms with van der Waals surface area (Å²) in [7, 11) is 0. The molecule has 0 aliphatic rings.